The fourth-order valence-electron chi connectivity index (χ4n) is 3.82. The zero-order valence-electron chi connectivity index (χ0n) is 17.6. The van der Waals surface area contributed by atoms with Crippen LogP contribution in [0.15, 0.2) is 41.8 Å². The molecule has 1 amide bonds. The number of ether oxygens (including phenoxy) is 2. The zero-order valence-corrected chi connectivity index (χ0v) is 19.2. The van der Waals surface area contributed by atoms with Crippen LogP contribution in [-0.4, -0.2) is 40.2 Å². The highest BCUT2D eigenvalue weighted by Gasteiger charge is 2.35. The van der Waals surface area contributed by atoms with E-state index >= 15 is 0 Å². The van der Waals surface area contributed by atoms with Gasteiger partial charge in [-0.3, -0.25) is 4.90 Å². The molecule has 1 aliphatic heterocycles. The molecular weight excluding hydrogens is 471 g/mol. The van der Waals surface area contributed by atoms with E-state index in [0.717, 1.165) is 10.6 Å². The summed E-state index contributed by atoms with van der Waals surface area (Å²) in [6, 6.07) is 8.41. The van der Waals surface area contributed by atoms with Gasteiger partial charge in [-0.15, -0.1) is 11.3 Å². The quantitative estimate of drug-likeness (QED) is 0.523. The Morgan fingerprint density at radius 2 is 2.09 bits per heavy atom. The number of hydrogen-bond acceptors (Lipinski definition) is 6. The number of aromatic nitrogens is 1. The van der Waals surface area contributed by atoms with Gasteiger partial charge >= 0.3 is 12.1 Å². The third-order valence-corrected chi connectivity index (χ3v) is 6.25. The first-order valence-corrected chi connectivity index (χ1v) is 11.3. The molecule has 7 nitrogen and oxygen atoms in total. The highest BCUT2D eigenvalue weighted by Crippen LogP contribution is 2.41. The van der Waals surface area contributed by atoms with Crippen molar-refractivity contribution in [3.63, 3.8) is 0 Å². The molecule has 2 heterocycles. The zero-order chi connectivity index (χ0) is 23.5. The summed E-state index contributed by atoms with van der Waals surface area (Å²) in [6.45, 7) is 1.58. The van der Waals surface area contributed by atoms with Crippen molar-refractivity contribution in [3.8, 4) is 5.75 Å². The first-order chi connectivity index (χ1) is 15.8. The fourth-order valence-corrected chi connectivity index (χ4v) is 4.60. The maximum absolute atomic E-state index is 13.9. The van der Waals surface area contributed by atoms with E-state index in [4.69, 9.17) is 26.2 Å². The minimum atomic E-state index is -1.14. The summed E-state index contributed by atoms with van der Waals surface area (Å²) in [5.41, 5.74) is 2.56. The molecule has 4 rings (SSSR count). The predicted molar refractivity (Wildman–Crippen MR) is 120 cm³/mol. The molecule has 10 heteroatoms. The van der Waals surface area contributed by atoms with Crippen LogP contribution in [0.4, 0.5) is 9.18 Å². The van der Waals surface area contributed by atoms with Gasteiger partial charge in [0.25, 0.3) is 0 Å². The number of aliphatic carboxylic acids is 1. The summed E-state index contributed by atoms with van der Waals surface area (Å²) in [5.74, 6) is -1.26. The topological polar surface area (TPSA) is 89.0 Å². The average molecular weight is 491 g/mol. The van der Waals surface area contributed by atoms with Gasteiger partial charge in [0.15, 0.2) is 6.61 Å². The van der Waals surface area contributed by atoms with Gasteiger partial charge in [-0.2, -0.15) is 0 Å². The average Bonchev–Trinajstić information content (AvgIpc) is 3.20. The molecule has 2 aromatic carbocycles. The number of carbonyl (C=O) groups is 2. The number of nitrogens with zero attached hydrogens (tertiary/aromatic N) is 2. The number of amides is 1. The molecule has 1 aliphatic rings. The van der Waals surface area contributed by atoms with E-state index in [1.165, 1.54) is 28.4 Å². The highest BCUT2D eigenvalue weighted by atomic mass is 35.5. The standard InChI is InChI=1S/C23H20ClFN2O5S/c1-13-26-17(12-33-13)10-32-23(30)27-7-6-14-8-16(25)3-4-18(14)22(27)19-9-15(24)2-5-20(19)31-11-21(28)29/h2-5,8-9,12,22H,6-7,10-11H2,1H3,(H,28,29). The molecule has 1 unspecified atom stereocenters. The Labute approximate surface area is 198 Å². The van der Waals surface area contributed by atoms with E-state index in [9.17, 15) is 14.0 Å². The second-order valence-corrected chi connectivity index (χ2v) is 8.96. The lowest BCUT2D eigenvalue weighted by Gasteiger charge is -2.37. The SMILES string of the molecule is Cc1nc(COC(=O)N2CCc3cc(F)ccc3C2c2cc(Cl)ccc2OCC(=O)O)cs1. The van der Waals surface area contributed by atoms with E-state index < -0.39 is 24.7 Å². The molecular formula is C23H20ClFN2O5S. The van der Waals surface area contributed by atoms with Crippen molar-refractivity contribution in [1.82, 2.24) is 9.88 Å². The number of halogens is 2. The summed E-state index contributed by atoms with van der Waals surface area (Å²) < 4.78 is 24.9. The lowest BCUT2D eigenvalue weighted by atomic mass is 9.88. The third kappa shape index (κ3) is 5.26. The fraction of sp³-hybridized carbons (Fsp3) is 0.261. The second kappa shape index (κ2) is 9.76. The maximum Gasteiger partial charge on any atom is 0.410 e. The molecule has 0 bridgehead atoms. The lowest BCUT2D eigenvalue weighted by Crippen LogP contribution is -2.41. The van der Waals surface area contributed by atoms with Gasteiger partial charge in [0.2, 0.25) is 0 Å². The summed E-state index contributed by atoms with van der Waals surface area (Å²) in [7, 11) is 0. The molecule has 0 aliphatic carbocycles. The molecule has 0 saturated heterocycles. The van der Waals surface area contributed by atoms with Crippen molar-refractivity contribution in [2.24, 2.45) is 0 Å². The number of fused-ring (bicyclic) bond motifs is 1. The van der Waals surface area contributed by atoms with Crippen LogP contribution in [0.3, 0.4) is 0 Å². The van der Waals surface area contributed by atoms with Gasteiger partial charge in [0.1, 0.15) is 18.2 Å². The minimum absolute atomic E-state index is 0.0145. The smallest absolute Gasteiger partial charge is 0.410 e. The van der Waals surface area contributed by atoms with Crippen LogP contribution < -0.4 is 4.74 Å². The molecule has 0 spiro atoms. The van der Waals surface area contributed by atoms with Gasteiger partial charge in [-0.05, 0) is 54.8 Å². The first kappa shape index (κ1) is 23.0. The number of carbonyl (C=O) groups excluding carboxylic acids is 1. The van der Waals surface area contributed by atoms with Gasteiger partial charge in [-0.25, -0.2) is 19.0 Å². The largest absolute Gasteiger partial charge is 0.482 e. The predicted octanol–water partition coefficient (Wildman–Crippen LogP) is 4.99. The molecule has 1 N–H and O–H groups in total. The van der Waals surface area contributed by atoms with Crippen LogP contribution in [0.2, 0.25) is 5.02 Å². The van der Waals surface area contributed by atoms with E-state index in [0.29, 0.717) is 28.3 Å². The van der Waals surface area contributed by atoms with E-state index in [2.05, 4.69) is 4.98 Å². The summed E-state index contributed by atoms with van der Waals surface area (Å²) >= 11 is 7.71. The summed E-state index contributed by atoms with van der Waals surface area (Å²) in [6.07, 6.45) is -0.148. The third-order valence-electron chi connectivity index (χ3n) is 5.20. The van der Waals surface area contributed by atoms with E-state index in [1.54, 1.807) is 24.3 Å². The Hall–Kier alpha value is -3.17. The number of carboxylic acid groups (broad SMARTS) is 1. The second-order valence-electron chi connectivity index (χ2n) is 7.47. The highest BCUT2D eigenvalue weighted by molar-refractivity contribution is 7.09. The number of hydrogen-bond donors (Lipinski definition) is 1. The molecule has 172 valence electrons. The van der Waals surface area contributed by atoms with Crippen LogP contribution in [-0.2, 0) is 22.6 Å². The maximum atomic E-state index is 13.9. The molecule has 0 radical (unpaired) electrons. The van der Waals surface area contributed by atoms with Crippen LogP contribution >= 0.6 is 22.9 Å². The van der Waals surface area contributed by atoms with Crippen LogP contribution in [0, 0.1) is 12.7 Å². The Balaban J connectivity index is 1.71. The van der Waals surface area contributed by atoms with Crippen molar-refractivity contribution >= 4 is 35.0 Å². The van der Waals surface area contributed by atoms with Crippen LogP contribution in [0.1, 0.15) is 33.4 Å². The van der Waals surface area contributed by atoms with Gasteiger partial charge < -0.3 is 14.6 Å². The molecule has 33 heavy (non-hydrogen) atoms. The van der Waals surface area contributed by atoms with Crippen molar-refractivity contribution < 1.29 is 28.6 Å². The number of benzene rings is 2. The Bertz CT molecular complexity index is 1200. The number of carboxylic acids is 1. The molecule has 1 aromatic heterocycles. The van der Waals surface area contributed by atoms with Crippen LogP contribution in [0.25, 0.3) is 0 Å². The van der Waals surface area contributed by atoms with Crippen molar-refractivity contribution in [2.75, 3.05) is 13.2 Å². The number of thiazole rings is 1. The van der Waals surface area contributed by atoms with Crippen molar-refractivity contribution in [2.45, 2.75) is 26.0 Å². The number of aryl methyl sites for hydroxylation is 1. The van der Waals surface area contributed by atoms with Crippen molar-refractivity contribution in [1.29, 1.82) is 0 Å². The lowest BCUT2D eigenvalue weighted by molar-refractivity contribution is -0.139. The molecule has 3 aromatic rings. The molecule has 1 atom stereocenters. The van der Waals surface area contributed by atoms with E-state index in [1.807, 2.05) is 12.3 Å². The minimum Gasteiger partial charge on any atom is -0.482 e. The Morgan fingerprint density at radius 3 is 2.82 bits per heavy atom. The monoisotopic (exact) mass is 490 g/mol. The van der Waals surface area contributed by atoms with Crippen LogP contribution in [0.5, 0.6) is 5.75 Å². The Morgan fingerprint density at radius 1 is 1.27 bits per heavy atom. The Kier molecular flexibility index (Phi) is 6.80. The molecule has 0 saturated carbocycles. The van der Waals surface area contributed by atoms with Crippen molar-refractivity contribution in [3.05, 3.63) is 80.0 Å². The number of rotatable bonds is 6. The normalized spacial score (nSPS) is 15.1. The van der Waals surface area contributed by atoms with Gasteiger partial charge in [-0.1, -0.05) is 17.7 Å². The van der Waals surface area contributed by atoms with Gasteiger partial charge in [0.05, 0.1) is 16.7 Å². The van der Waals surface area contributed by atoms with Gasteiger partial charge in [0, 0.05) is 22.5 Å². The summed E-state index contributed by atoms with van der Waals surface area (Å²) in [4.78, 5) is 30.0. The summed E-state index contributed by atoms with van der Waals surface area (Å²) in [5, 5.41) is 12.1. The van der Waals surface area contributed by atoms with E-state index in [-0.39, 0.29) is 24.7 Å². The molecule has 0 fully saturated rings. The first-order valence-electron chi connectivity index (χ1n) is 10.1.